The van der Waals surface area contributed by atoms with Crippen molar-refractivity contribution in [2.45, 2.75) is 25.9 Å². The maximum Gasteiger partial charge on any atom is 0.133 e. The zero-order valence-corrected chi connectivity index (χ0v) is 11.0. The molecule has 0 saturated carbocycles. The summed E-state index contributed by atoms with van der Waals surface area (Å²) >= 11 is 2.32. The van der Waals surface area contributed by atoms with Gasteiger partial charge in [-0.1, -0.05) is 6.07 Å². The molecule has 82 valence electrons. The van der Waals surface area contributed by atoms with Gasteiger partial charge < -0.3 is 9.47 Å². The quantitative estimate of drug-likeness (QED) is 0.780. The van der Waals surface area contributed by atoms with Crippen LogP contribution >= 0.6 is 22.6 Å². The topological polar surface area (TPSA) is 18.5 Å². The average molecular weight is 318 g/mol. The Balaban J connectivity index is 2.03. The molecule has 0 amide bonds. The summed E-state index contributed by atoms with van der Waals surface area (Å²) in [5.74, 6) is 0.983. The molecule has 1 atom stereocenters. The van der Waals surface area contributed by atoms with Crippen molar-refractivity contribution in [3.63, 3.8) is 0 Å². The van der Waals surface area contributed by atoms with E-state index >= 15 is 0 Å². The standard InChI is InChI=1S/C12H15IO2/c1-9-4-5-12(11(13)7-9)15-10-3-2-6-14-8-10/h4-5,7,10H,2-3,6,8H2,1H3. The molecule has 1 aromatic rings. The van der Waals surface area contributed by atoms with E-state index in [-0.39, 0.29) is 6.10 Å². The molecule has 1 heterocycles. The van der Waals surface area contributed by atoms with Gasteiger partial charge in [-0.2, -0.15) is 0 Å². The molecule has 15 heavy (non-hydrogen) atoms. The number of rotatable bonds is 2. The minimum atomic E-state index is 0.231. The van der Waals surface area contributed by atoms with Gasteiger partial charge in [0.05, 0.1) is 10.2 Å². The highest BCUT2D eigenvalue weighted by Gasteiger charge is 2.16. The third kappa shape index (κ3) is 3.08. The molecule has 3 heteroatoms. The van der Waals surface area contributed by atoms with Gasteiger partial charge in [0.1, 0.15) is 11.9 Å². The molecular weight excluding hydrogens is 303 g/mol. The van der Waals surface area contributed by atoms with Crippen LogP contribution in [0.15, 0.2) is 18.2 Å². The Morgan fingerprint density at radius 2 is 2.33 bits per heavy atom. The van der Waals surface area contributed by atoms with Crippen LogP contribution in [0.4, 0.5) is 0 Å². The highest BCUT2D eigenvalue weighted by molar-refractivity contribution is 14.1. The monoisotopic (exact) mass is 318 g/mol. The first-order valence-electron chi connectivity index (χ1n) is 5.26. The molecule has 0 aromatic heterocycles. The molecule has 1 aromatic carbocycles. The molecule has 0 radical (unpaired) electrons. The molecule has 1 unspecified atom stereocenters. The minimum absolute atomic E-state index is 0.231. The summed E-state index contributed by atoms with van der Waals surface area (Å²) in [6.07, 6.45) is 2.44. The summed E-state index contributed by atoms with van der Waals surface area (Å²) in [5, 5.41) is 0. The zero-order chi connectivity index (χ0) is 10.7. The lowest BCUT2D eigenvalue weighted by Gasteiger charge is -2.23. The lowest BCUT2D eigenvalue weighted by molar-refractivity contribution is 0.00706. The van der Waals surface area contributed by atoms with Gasteiger partial charge in [0.25, 0.3) is 0 Å². The van der Waals surface area contributed by atoms with Crippen LogP contribution in [0.3, 0.4) is 0 Å². The van der Waals surface area contributed by atoms with Crippen LogP contribution in [0.2, 0.25) is 0 Å². The first-order valence-corrected chi connectivity index (χ1v) is 6.34. The molecule has 1 aliphatic rings. The largest absolute Gasteiger partial charge is 0.487 e. The summed E-state index contributed by atoms with van der Waals surface area (Å²) in [6, 6.07) is 6.27. The van der Waals surface area contributed by atoms with E-state index in [4.69, 9.17) is 9.47 Å². The molecule has 2 rings (SSSR count). The van der Waals surface area contributed by atoms with E-state index in [1.54, 1.807) is 0 Å². The van der Waals surface area contributed by atoms with Gasteiger partial charge >= 0.3 is 0 Å². The minimum Gasteiger partial charge on any atom is -0.487 e. The van der Waals surface area contributed by atoms with Crippen LogP contribution in [-0.4, -0.2) is 19.3 Å². The van der Waals surface area contributed by atoms with Crippen LogP contribution in [0.25, 0.3) is 0 Å². The van der Waals surface area contributed by atoms with E-state index in [1.807, 2.05) is 6.07 Å². The Labute approximate surface area is 104 Å². The van der Waals surface area contributed by atoms with Crippen molar-refractivity contribution in [1.29, 1.82) is 0 Å². The molecule has 0 spiro atoms. The van der Waals surface area contributed by atoms with Gasteiger partial charge in [0.2, 0.25) is 0 Å². The first kappa shape index (κ1) is 11.2. The van der Waals surface area contributed by atoms with E-state index < -0.39 is 0 Å². The lowest BCUT2D eigenvalue weighted by atomic mass is 10.2. The van der Waals surface area contributed by atoms with Gasteiger partial charge in [-0.3, -0.25) is 0 Å². The zero-order valence-electron chi connectivity index (χ0n) is 8.83. The molecule has 1 saturated heterocycles. The molecule has 1 aliphatic heterocycles. The highest BCUT2D eigenvalue weighted by atomic mass is 127. The molecule has 2 nitrogen and oxygen atoms in total. The van der Waals surface area contributed by atoms with Crippen molar-refractivity contribution in [3.8, 4) is 5.75 Å². The van der Waals surface area contributed by atoms with Crippen molar-refractivity contribution in [2.75, 3.05) is 13.2 Å². The first-order chi connectivity index (χ1) is 7.25. The van der Waals surface area contributed by atoms with Crippen LogP contribution < -0.4 is 4.74 Å². The predicted octanol–water partition coefficient (Wildman–Crippen LogP) is 3.16. The SMILES string of the molecule is Cc1ccc(OC2CCCOC2)c(I)c1. The smallest absolute Gasteiger partial charge is 0.133 e. The third-order valence-electron chi connectivity index (χ3n) is 2.50. The summed E-state index contributed by atoms with van der Waals surface area (Å²) in [7, 11) is 0. The highest BCUT2D eigenvalue weighted by Crippen LogP contribution is 2.24. The second-order valence-electron chi connectivity index (χ2n) is 3.89. The van der Waals surface area contributed by atoms with Crippen LogP contribution in [0.1, 0.15) is 18.4 Å². The maximum absolute atomic E-state index is 5.91. The van der Waals surface area contributed by atoms with Gasteiger partial charge in [-0.15, -0.1) is 0 Å². The van der Waals surface area contributed by atoms with Gasteiger partial charge in [-0.25, -0.2) is 0 Å². The van der Waals surface area contributed by atoms with E-state index in [2.05, 4.69) is 41.6 Å². The van der Waals surface area contributed by atoms with Crippen LogP contribution in [-0.2, 0) is 4.74 Å². The molecule has 0 bridgehead atoms. The van der Waals surface area contributed by atoms with Crippen LogP contribution in [0, 0.1) is 10.5 Å². The second kappa shape index (κ2) is 5.16. The van der Waals surface area contributed by atoms with Crippen molar-refractivity contribution >= 4 is 22.6 Å². The Kier molecular flexibility index (Phi) is 3.86. The average Bonchev–Trinajstić information content (AvgIpc) is 2.24. The van der Waals surface area contributed by atoms with Crippen molar-refractivity contribution < 1.29 is 9.47 Å². The van der Waals surface area contributed by atoms with Gasteiger partial charge in [0, 0.05) is 6.61 Å². The molecule has 0 N–H and O–H groups in total. The van der Waals surface area contributed by atoms with Crippen molar-refractivity contribution in [1.82, 2.24) is 0 Å². The normalized spacial score (nSPS) is 21.3. The van der Waals surface area contributed by atoms with Gasteiger partial charge in [0.15, 0.2) is 0 Å². The second-order valence-corrected chi connectivity index (χ2v) is 5.05. The van der Waals surface area contributed by atoms with Gasteiger partial charge in [-0.05, 0) is 60.1 Å². The summed E-state index contributed by atoms with van der Waals surface area (Å²) in [5.41, 5.74) is 1.27. The van der Waals surface area contributed by atoms with Crippen LogP contribution in [0.5, 0.6) is 5.75 Å². The predicted molar refractivity (Wildman–Crippen MR) is 68.4 cm³/mol. The van der Waals surface area contributed by atoms with Crippen molar-refractivity contribution in [3.05, 3.63) is 27.3 Å². The molecule has 0 aliphatic carbocycles. The number of ether oxygens (including phenoxy) is 2. The Bertz CT molecular complexity index is 332. The Morgan fingerprint density at radius 1 is 1.47 bits per heavy atom. The number of halogens is 1. The summed E-state index contributed by atoms with van der Waals surface area (Å²) < 4.78 is 12.5. The fraction of sp³-hybridized carbons (Fsp3) is 0.500. The number of hydrogen-bond donors (Lipinski definition) is 0. The van der Waals surface area contributed by atoms with E-state index in [0.717, 1.165) is 31.8 Å². The number of benzene rings is 1. The van der Waals surface area contributed by atoms with E-state index in [1.165, 1.54) is 9.13 Å². The van der Waals surface area contributed by atoms with Crippen molar-refractivity contribution in [2.24, 2.45) is 0 Å². The summed E-state index contributed by atoms with van der Waals surface area (Å²) in [6.45, 7) is 3.70. The Hall–Kier alpha value is -0.290. The van der Waals surface area contributed by atoms with E-state index in [0.29, 0.717) is 0 Å². The summed E-state index contributed by atoms with van der Waals surface area (Å²) in [4.78, 5) is 0. The van der Waals surface area contributed by atoms with E-state index in [9.17, 15) is 0 Å². The lowest BCUT2D eigenvalue weighted by Crippen LogP contribution is -2.28. The maximum atomic E-state index is 5.91. The fourth-order valence-electron chi connectivity index (χ4n) is 1.69. The molecule has 1 fully saturated rings. The Morgan fingerprint density at radius 3 is 3.00 bits per heavy atom. The number of hydrogen-bond acceptors (Lipinski definition) is 2. The number of aryl methyl sites for hydroxylation is 1. The third-order valence-corrected chi connectivity index (χ3v) is 3.34. The molecular formula is C12H15IO2. The fourth-order valence-corrected chi connectivity index (χ4v) is 2.48.